The predicted octanol–water partition coefficient (Wildman–Crippen LogP) is 2.11. The fourth-order valence-electron chi connectivity index (χ4n) is 1.29. The van der Waals surface area contributed by atoms with E-state index in [9.17, 15) is 9.59 Å². The topological polar surface area (TPSA) is 52.6 Å². The number of carbonyl (C=O) groups excluding carboxylic acids is 2. The number of esters is 2. The van der Waals surface area contributed by atoms with Gasteiger partial charge in [-0.2, -0.15) is 0 Å². The van der Waals surface area contributed by atoms with Crippen molar-refractivity contribution in [2.75, 3.05) is 0 Å². The Bertz CT molecular complexity index is 352. The van der Waals surface area contributed by atoms with Crippen molar-refractivity contribution in [1.29, 1.82) is 0 Å². The van der Waals surface area contributed by atoms with Gasteiger partial charge in [0.15, 0.2) is 0 Å². The van der Waals surface area contributed by atoms with Crippen LogP contribution in [0.2, 0.25) is 0 Å². The summed E-state index contributed by atoms with van der Waals surface area (Å²) in [6.07, 6.45) is 3.75. The normalized spacial score (nSPS) is 28.6. The zero-order valence-corrected chi connectivity index (χ0v) is 9.78. The molecule has 0 aromatic heterocycles. The summed E-state index contributed by atoms with van der Waals surface area (Å²) in [5.74, 6) is -0.462. The van der Waals surface area contributed by atoms with Crippen molar-refractivity contribution in [1.82, 2.24) is 0 Å². The molecule has 0 fully saturated rings. The maximum Gasteiger partial charge on any atom is 0.339 e. The lowest BCUT2D eigenvalue weighted by atomic mass is 10.2. The average molecular weight is 224 g/mol. The summed E-state index contributed by atoms with van der Waals surface area (Å²) in [6.45, 7) is 5.31. The van der Waals surface area contributed by atoms with Crippen molar-refractivity contribution in [3.63, 3.8) is 0 Å². The minimum Gasteiger partial charge on any atom is -0.455 e. The van der Waals surface area contributed by atoms with Gasteiger partial charge in [0.25, 0.3) is 0 Å². The van der Waals surface area contributed by atoms with E-state index < -0.39 is 11.9 Å². The first kappa shape index (κ1) is 12.5. The Labute approximate surface area is 94.9 Å². The highest BCUT2D eigenvalue weighted by Crippen LogP contribution is 2.14. The Hall–Kier alpha value is -1.58. The van der Waals surface area contributed by atoms with Crippen LogP contribution in [0.4, 0.5) is 0 Å². The lowest BCUT2D eigenvalue weighted by molar-refractivity contribution is -0.141. The zero-order valence-electron chi connectivity index (χ0n) is 9.78. The van der Waals surface area contributed by atoms with Crippen LogP contribution >= 0.6 is 0 Å². The van der Waals surface area contributed by atoms with E-state index in [1.807, 2.05) is 13.8 Å². The number of allylic oxidation sites excluding steroid dienone is 1. The molecule has 4 heteroatoms. The van der Waals surface area contributed by atoms with E-state index in [2.05, 4.69) is 0 Å². The second-order valence-corrected chi connectivity index (χ2v) is 3.59. The fraction of sp³-hybridized carbons (Fsp3) is 0.500. The van der Waals surface area contributed by atoms with Crippen molar-refractivity contribution < 1.29 is 19.1 Å². The van der Waals surface area contributed by atoms with E-state index in [4.69, 9.17) is 9.47 Å². The van der Waals surface area contributed by atoms with Gasteiger partial charge in [-0.1, -0.05) is 13.8 Å². The van der Waals surface area contributed by atoms with Gasteiger partial charge in [0.2, 0.25) is 0 Å². The second kappa shape index (κ2) is 5.49. The van der Waals surface area contributed by atoms with Crippen LogP contribution < -0.4 is 0 Å². The van der Waals surface area contributed by atoms with Crippen LogP contribution in [0.3, 0.4) is 0 Å². The second-order valence-electron chi connectivity index (χ2n) is 3.59. The first-order valence-corrected chi connectivity index (χ1v) is 5.38. The third kappa shape index (κ3) is 3.22. The molecule has 1 atom stereocenters. The van der Waals surface area contributed by atoms with Crippen LogP contribution in [0.5, 0.6) is 0 Å². The zero-order chi connectivity index (χ0) is 12.1. The van der Waals surface area contributed by atoms with Gasteiger partial charge >= 0.3 is 11.9 Å². The maximum absolute atomic E-state index is 11.5. The molecule has 1 rings (SSSR count). The summed E-state index contributed by atoms with van der Waals surface area (Å²) in [7, 11) is 0. The molecule has 0 bridgehead atoms. The molecular weight excluding hydrogens is 208 g/mol. The van der Waals surface area contributed by atoms with Crippen LogP contribution in [0.25, 0.3) is 0 Å². The van der Waals surface area contributed by atoms with Gasteiger partial charge in [-0.25, -0.2) is 9.59 Å². The minimum atomic E-state index is -0.505. The van der Waals surface area contributed by atoms with Gasteiger partial charge in [-0.3, -0.25) is 0 Å². The molecule has 0 saturated carbocycles. The van der Waals surface area contributed by atoms with E-state index in [1.54, 1.807) is 6.08 Å². The maximum atomic E-state index is 11.5. The number of hydrogen-bond donors (Lipinski definition) is 0. The molecule has 1 heterocycles. The summed E-state index contributed by atoms with van der Waals surface area (Å²) in [6, 6.07) is 0. The first-order valence-electron chi connectivity index (χ1n) is 5.38. The standard InChI is InChI=1S/C12H16O4/c1-4-9-7-10(5-2)16-12(14)8(3)6-11(13)15-9/h6-7,9H,4-5H2,1-3H3/b8-6-,10-7-. The summed E-state index contributed by atoms with van der Waals surface area (Å²) in [5.41, 5.74) is 0.251. The van der Waals surface area contributed by atoms with Crippen molar-refractivity contribution in [2.45, 2.75) is 39.7 Å². The lowest BCUT2D eigenvalue weighted by Crippen LogP contribution is -2.13. The number of carbonyl (C=O) groups is 2. The molecule has 0 aromatic rings. The van der Waals surface area contributed by atoms with Crippen molar-refractivity contribution in [2.24, 2.45) is 0 Å². The van der Waals surface area contributed by atoms with Crippen molar-refractivity contribution in [3.8, 4) is 0 Å². The van der Waals surface area contributed by atoms with Gasteiger partial charge in [0.05, 0.1) is 0 Å². The molecule has 88 valence electrons. The highest BCUT2D eigenvalue weighted by Gasteiger charge is 2.17. The Morgan fingerprint density at radius 2 is 2.00 bits per heavy atom. The average Bonchev–Trinajstić information content (AvgIpc) is 2.29. The first-order chi connectivity index (χ1) is 7.56. The van der Waals surface area contributed by atoms with Crippen LogP contribution in [0.15, 0.2) is 23.5 Å². The largest absolute Gasteiger partial charge is 0.455 e. The highest BCUT2D eigenvalue weighted by atomic mass is 16.6. The fourth-order valence-corrected chi connectivity index (χ4v) is 1.29. The molecule has 0 radical (unpaired) electrons. The summed E-state index contributed by atoms with van der Waals surface area (Å²) < 4.78 is 10.3. The molecular formula is C12H16O4. The number of ether oxygens (including phenoxy) is 2. The van der Waals surface area contributed by atoms with Crippen LogP contribution in [-0.2, 0) is 19.1 Å². The molecule has 1 unspecified atom stereocenters. The molecule has 4 nitrogen and oxygen atoms in total. The van der Waals surface area contributed by atoms with Gasteiger partial charge in [-0.05, 0) is 19.4 Å². The molecule has 16 heavy (non-hydrogen) atoms. The van der Waals surface area contributed by atoms with E-state index in [0.29, 0.717) is 18.6 Å². The Morgan fingerprint density at radius 1 is 1.31 bits per heavy atom. The van der Waals surface area contributed by atoms with E-state index >= 15 is 0 Å². The van der Waals surface area contributed by atoms with Crippen LogP contribution in [0.1, 0.15) is 33.6 Å². The highest BCUT2D eigenvalue weighted by molar-refractivity contribution is 5.96. The molecule has 0 amide bonds. The van der Waals surface area contributed by atoms with E-state index in [0.717, 1.165) is 6.08 Å². The SMILES string of the molecule is CC/C1=C/C(CC)OC(=O)/C=C(/C)C(=O)O1. The molecule has 1 aliphatic heterocycles. The Morgan fingerprint density at radius 3 is 2.56 bits per heavy atom. The molecule has 0 aliphatic carbocycles. The molecule has 0 saturated heterocycles. The Kier molecular flexibility index (Phi) is 4.28. The van der Waals surface area contributed by atoms with Crippen molar-refractivity contribution in [3.05, 3.63) is 23.5 Å². The number of rotatable bonds is 2. The van der Waals surface area contributed by atoms with E-state index in [1.165, 1.54) is 6.92 Å². The predicted molar refractivity (Wildman–Crippen MR) is 58.4 cm³/mol. The Balaban J connectivity index is 3.01. The smallest absolute Gasteiger partial charge is 0.339 e. The number of hydrogen-bond acceptors (Lipinski definition) is 4. The summed E-state index contributed by atoms with van der Waals surface area (Å²) in [5, 5.41) is 0. The quantitative estimate of drug-likeness (QED) is 0.674. The third-order valence-electron chi connectivity index (χ3n) is 2.27. The molecule has 0 spiro atoms. The van der Waals surface area contributed by atoms with Crippen molar-refractivity contribution >= 4 is 11.9 Å². The van der Waals surface area contributed by atoms with Crippen LogP contribution in [-0.4, -0.2) is 18.0 Å². The minimum absolute atomic E-state index is 0.251. The van der Waals surface area contributed by atoms with Gasteiger partial charge < -0.3 is 9.47 Å². The summed E-state index contributed by atoms with van der Waals surface area (Å²) >= 11 is 0. The van der Waals surface area contributed by atoms with E-state index in [-0.39, 0.29) is 11.7 Å². The monoisotopic (exact) mass is 224 g/mol. The van der Waals surface area contributed by atoms with Gasteiger partial charge in [0.1, 0.15) is 11.9 Å². The summed E-state index contributed by atoms with van der Waals surface area (Å²) in [4.78, 5) is 22.9. The molecule has 1 aliphatic rings. The third-order valence-corrected chi connectivity index (χ3v) is 2.27. The van der Waals surface area contributed by atoms with Gasteiger partial charge in [0, 0.05) is 18.1 Å². The lowest BCUT2D eigenvalue weighted by Gasteiger charge is -2.11. The van der Waals surface area contributed by atoms with Gasteiger partial charge in [-0.15, -0.1) is 0 Å². The van der Waals surface area contributed by atoms with Crippen LogP contribution in [0, 0.1) is 0 Å². The number of cyclic esters (lactones) is 2. The molecule has 0 aromatic carbocycles. The molecule has 0 N–H and O–H groups in total.